The number of aromatic nitrogens is 4. The van der Waals surface area contributed by atoms with Crippen LogP contribution in [-0.4, -0.2) is 56.7 Å². The summed E-state index contributed by atoms with van der Waals surface area (Å²) in [6.07, 6.45) is 6.88. The van der Waals surface area contributed by atoms with Crippen molar-refractivity contribution in [2.45, 2.75) is 26.7 Å². The number of hydrogen-bond donors (Lipinski definition) is 1. The highest BCUT2D eigenvalue weighted by Gasteiger charge is 2.25. The summed E-state index contributed by atoms with van der Waals surface area (Å²) in [4.78, 5) is 24.8. The fraction of sp³-hybridized carbons (Fsp3) is 0.308. The van der Waals surface area contributed by atoms with Gasteiger partial charge in [0.1, 0.15) is 5.69 Å². The summed E-state index contributed by atoms with van der Waals surface area (Å²) in [6.45, 7) is 7.45. The van der Waals surface area contributed by atoms with E-state index in [0.717, 1.165) is 49.3 Å². The van der Waals surface area contributed by atoms with Crippen LogP contribution in [0.4, 0.5) is 0 Å². The summed E-state index contributed by atoms with van der Waals surface area (Å²) in [5, 5.41) is 7.52. The molecule has 3 heterocycles. The quantitative estimate of drug-likeness (QED) is 0.434. The molecule has 34 heavy (non-hydrogen) atoms. The molecule has 0 radical (unpaired) electrons. The van der Waals surface area contributed by atoms with Gasteiger partial charge in [0, 0.05) is 24.8 Å². The van der Waals surface area contributed by atoms with Crippen LogP contribution in [0.25, 0.3) is 28.7 Å². The number of carbonyl (C=O) groups excluding carboxylic acids is 1. The summed E-state index contributed by atoms with van der Waals surface area (Å²) in [5.41, 5.74) is 5.39. The molecule has 0 spiro atoms. The molecule has 8 heteroatoms. The number of carbonyl (C=O) groups is 1. The van der Waals surface area contributed by atoms with Crippen LogP contribution in [0.1, 0.15) is 35.3 Å². The largest absolute Gasteiger partial charge is 0.463 e. The van der Waals surface area contributed by atoms with E-state index in [0.29, 0.717) is 29.5 Å². The number of aryl methyl sites for hydroxylation is 2. The van der Waals surface area contributed by atoms with Crippen LogP contribution >= 0.6 is 0 Å². The van der Waals surface area contributed by atoms with Crippen LogP contribution in [0.2, 0.25) is 0 Å². The van der Waals surface area contributed by atoms with E-state index < -0.39 is 0 Å². The zero-order valence-corrected chi connectivity index (χ0v) is 19.5. The van der Waals surface area contributed by atoms with Crippen LogP contribution in [0.15, 0.2) is 59.5 Å². The molecular formula is C26H28N6O2. The number of nitrogens with zero attached hydrogens (tertiary/aromatic N) is 5. The predicted molar refractivity (Wildman–Crippen MR) is 130 cm³/mol. The Morgan fingerprint density at radius 1 is 1.09 bits per heavy atom. The minimum absolute atomic E-state index is 0.201. The molecule has 1 amide bonds. The van der Waals surface area contributed by atoms with Crippen molar-refractivity contribution >= 4 is 5.91 Å². The van der Waals surface area contributed by atoms with Gasteiger partial charge in [0.05, 0.1) is 23.7 Å². The molecule has 1 aliphatic carbocycles. The van der Waals surface area contributed by atoms with Gasteiger partial charge in [-0.05, 0) is 49.2 Å². The van der Waals surface area contributed by atoms with Gasteiger partial charge in [-0.2, -0.15) is 9.78 Å². The fourth-order valence-electron chi connectivity index (χ4n) is 4.43. The van der Waals surface area contributed by atoms with E-state index in [4.69, 9.17) is 9.40 Å². The number of likely N-dealkylation sites (N-methyl/N-ethyl adjacent to an activating group) is 1. The van der Waals surface area contributed by atoms with Crippen molar-refractivity contribution in [3.63, 3.8) is 0 Å². The highest BCUT2D eigenvalue weighted by Crippen LogP contribution is 2.33. The maximum atomic E-state index is 13.1. The Labute approximate surface area is 198 Å². The van der Waals surface area contributed by atoms with Crippen LogP contribution < -0.4 is 5.32 Å². The van der Waals surface area contributed by atoms with Gasteiger partial charge in [-0.1, -0.05) is 38.1 Å². The SMILES string of the molecule is CCN(CC)CCNC(=O)c1cnn(-c2ncc3c(n2)-c2ccccc2CC3)c1-c1ccco1. The topological polar surface area (TPSA) is 89.1 Å². The van der Waals surface area contributed by atoms with Crippen LogP contribution in [-0.2, 0) is 12.8 Å². The number of benzene rings is 1. The van der Waals surface area contributed by atoms with Crippen molar-refractivity contribution in [2.75, 3.05) is 26.2 Å². The second kappa shape index (κ2) is 9.61. The molecule has 0 atom stereocenters. The monoisotopic (exact) mass is 456 g/mol. The average molecular weight is 457 g/mol. The number of fused-ring (bicyclic) bond motifs is 3. The molecule has 0 aliphatic heterocycles. The first-order valence-electron chi connectivity index (χ1n) is 11.8. The first-order valence-corrected chi connectivity index (χ1v) is 11.8. The van der Waals surface area contributed by atoms with Gasteiger partial charge in [-0.3, -0.25) is 4.79 Å². The third-order valence-corrected chi connectivity index (χ3v) is 6.35. The Kier molecular flexibility index (Phi) is 6.22. The Morgan fingerprint density at radius 3 is 2.71 bits per heavy atom. The Morgan fingerprint density at radius 2 is 1.91 bits per heavy atom. The summed E-state index contributed by atoms with van der Waals surface area (Å²) < 4.78 is 7.27. The Balaban J connectivity index is 1.50. The normalized spacial score (nSPS) is 12.4. The summed E-state index contributed by atoms with van der Waals surface area (Å²) in [5.74, 6) is 0.741. The van der Waals surface area contributed by atoms with Crippen molar-refractivity contribution in [2.24, 2.45) is 0 Å². The molecule has 1 aliphatic rings. The highest BCUT2D eigenvalue weighted by atomic mass is 16.3. The van der Waals surface area contributed by atoms with Gasteiger partial charge in [-0.15, -0.1) is 0 Å². The Bertz CT molecular complexity index is 1290. The smallest absolute Gasteiger partial charge is 0.255 e. The van der Waals surface area contributed by atoms with Gasteiger partial charge in [0.15, 0.2) is 5.76 Å². The molecule has 5 rings (SSSR count). The zero-order valence-electron chi connectivity index (χ0n) is 19.5. The maximum absolute atomic E-state index is 13.1. The number of nitrogens with one attached hydrogen (secondary N) is 1. The van der Waals surface area contributed by atoms with Crippen molar-refractivity contribution < 1.29 is 9.21 Å². The van der Waals surface area contributed by atoms with Gasteiger partial charge < -0.3 is 14.6 Å². The lowest BCUT2D eigenvalue weighted by molar-refractivity contribution is 0.0949. The zero-order chi connectivity index (χ0) is 23.5. The van der Waals surface area contributed by atoms with E-state index in [1.807, 2.05) is 18.3 Å². The molecule has 4 aromatic rings. The molecule has 0 fully saturated rings. The highest BCUT2D eigenvalue weighted by molar-refractivity contribution is 5.99. The van der Waals surface area contributed by atoms with E-state index in [-0.39, 0.29) is 5.91 Å². The maximum Gasteiger partial charge on any atom is 0.255 e. The molecule has 0 unspecified atom stereocenters. The summed E-state index contributed by atoms with van der Waals surface area (Å²) >= 11 is 0. The first-order chi connectivity index (χ1) is 16.7. The van der Waals surface area contributed by atoms with Crippen LogP contribution in [0.5, 0.6) is 0 Å². The standard InChI is InChI=1S/C26H28N6O2/c1-3-31(4-2)14-13-27-25(33)21-17-29-32(24(21)22-10-7-15-34-22)26-28-16-19-12-11-18-8-5-6-9-20(18)23(19)30-26/h5-10,15-17H,3-4,11-14H2,1-2H3,(H,27,33). The molecule has 8 nitrogen and oxygen atoms in total. The van der Waals surface area contributed by atoms with E-state index in [1.54, 1.807) is 23.2 Å². The lowest BCUT2D eigenvalue weighted by Gasteiger charge is -2.19. The number of hydrogen-bond acceptors (Lipinski definition) is 6. The minimum atomic E-state index is -0.201. The number of rotatable bonds is 8. The average Bonchev–Trinajstić information content (AvgIpc) is 3.56. The van der Waals surface area contributed by atoms with Gasteiger partial charge in [-0.25, -0.2) is 9.97 Å². The van der Waals surface area contributed by atoms with Gasteiger partial charge in [0.2, 0.25) is 0 Å². The predicted octanol–water partition coefficient (Wildman–Crippen LogP) is 3.76. The molecular weight excluding hydrogens is 428 g/mol. The molecule has 0 saturated carbocycles. The molecule has 0 saturated heterocycles. The van der Waals surface area contributed by atoms with E-state index in [9.17, 15) is 4.79 Å². The lowest BCUT2D eigenvalue weighted by atomic mass is 9.90. The molecule has 3 aromatic heterocycles. The van der Waals surface area contributed by atoms with E-state index >= 15 is 0 Å². The van der Waals surface area contributed by atoms with Crippen molar-refractivity contribution in [3.05, 3.63) is 71.7 Å². The third-order valence-electron chi connectivity index (χ3n) is 6.35. The van der Waals surface area contributed by atoms with E-state index in [2.05, 4.69) is 52.3 Å². The van der Waals surface area contributed by atoms with Gasteiger partial charge in [0.25, 0.3) is 11.9 Å². The van der Waals surface area contributed by atoms with Crippen LogP contribution in [0.3, 0.4) is 0 Å². The molecule has 1 N–H and O–H groups in total. The molecule has 0 bridgehead atoms. The summed E-state index contributed by atoms with van der Waals surface area (Å²) in [7, 11) is 0. The van der Waals surface area contributed by atoms with Crippen molar-refractivity contribution in [1.29, 1.82) is 0 Å². The second-order valence-corrected chi connectivity index (χ2v) is 8.28. The molecule has 1 aromatic carbocycles. The van der Waals surface area contributed by atoms with E-state index in [1.165, 1.54) is 5.56 Å². The number of furan rings is 1. The minimum Gasteiger partial charge on any atom is -0.463 e. The first kappa shape index (κ1) is 22.0. The second-order valence-electron chi connectivity index (χ2n) is 8.28. The number of amides is 1. The van der Waals surface area contributed by atoms with Crippen molar-refractivity contribution in [1.82, 2.24) is 30.0 Å². The summed E-state index contributed by atoms with van der Waals surface area (Å²) in [6, 6.07) is 11.9. The van der Waals surface area contributed by atoms with Crippen LogP contribution in [0, 0.1) is 0 Å². The Hall–Kier alpha value is -3.78. The van der Waals surface area contributed by atoms with Gasteiger partial charge >= 0.3 is 0 Å². The lowest BCUT2D eigenvalue weighted by Crippen LogP contribution is -2.34. The molecule has 174 valence electrons. The fourth-order valence-corrected chi connectivity index (χ4v) is 4.43. The van der Waals surface area contributed by atoms with Crippen molar-refractivity contribution in [3.8, 4) is 28.7 Å². The third kappa shape index (κ3) is 4.12.